The third kappa shape index (κ3) is 10.3. The quantitative estimate of drug-likeness (QED) is 0.0282. The molecule has 2 aliphatic heterocycles. The van der Waals surface area contributed by atoms with Crippen molar-refractivity contribution < 1.29 is 23.0 Å². The minimum Gasteiger partial charge on any atom is -0.491 e. The van der Waals surface area contributed by atoms with Gasteiger partial charge in [-0.2, -0.15) is 10.2 Å². The molecule has 0 bridgehead atoms. The lowest BCUT2D eigenvalue weighted by Gasteiger charge is -2.38. The smallest absolute Gasteiger partial charge is 0.272 e. The van der Waals surface area contributed by atoms with Crippen molar-refractivity contribution in [3.05, 3.63) is 88.5 Å². The molecule has 0 amide bonds. The molecular formula is C53H64F2N12O3. The number of aromatic nitrogens is 8. The summed E-state index contributed by atoms with van der Waals surface area (Å²) in [5.74, 6) is -0.130. The van der Waals surface area contributed by atoms with Crippen LogP contribution in [-0.4, -0.2) is 126 Å². The van der Waals surface area contributed by atoms with Gasteiger partial charge in [-0.3, -0.25) is 24.1 Å². The molecule has 2 fully saturated rings. The molecule has 70 heavy (non-hydrogen) atoms. The Hall–Kier alpha value is -6.59. The minimum atomic E-state index is -2.61. The number of fused-ring (bicyclic) bond motifs is 4. The number of hydrogen-bond acceptors (Lipinski definition) is 11. The second kappa shape index (κ2) is 21.2. The molecule has 0 atom stereocenters. The highest BCUT2D eigenvalue weighted by molar-refractivity contribution is 6.10. The third-order valence-corrected chi connectivity index (χ3v) is 13.3. The van der Waals surface area contributed by atoms with Crippen molar-refractivity contribution >= 4 is 57.9 Å². The summed E-state index contributed by atoms with van der Waals surface area (Å²) < 4.78 is 48.4. The highest BCUT2D eigenvalue weighted by atomic mass is 19.3. The van der Waals surface area contributed by atoms with Gasteiger partial charge in [0.15, 0.2) is 5.82 Å². The summed E-state index contributed by atoms with van der Waals surface area (Å²) in [5, 5.41) is 11.8. The number of carbonyl (C=O) groups excluding carboxylic acids is 1. The number of benzene rings is 2. The number of aliphatic imine (C=N–C) groups is 2. The van der Waals surface area contributed by atoms with E-state index in [0.717, 1.165) is 100.0 Å². The first-order chi connectivity index (χ1) is 34.0. The number of ether oxygens (including phenoxy) is 2. The van der Waals surface area contributed by atoms with Gasteiger partial charge in [0, 0.05) is 79.0 Å². The first kappa shape index (κ1) is 48.4. The van der Waals surface area contributed by atoms with Crippen LogP contribution in [-0.2, 0) is 32.7 Å². The van der Waals surface area contributed by atoms with Gasteiger partial charge in [-0.25, -0.2) is 23.7 Å². The molecule has 7 heterocycles. The van der Waals surface area contributed by atoms with Gasteiger partial charge >= 0.3 is 0 Å². The van der Waals surface area contributed by atoms with Crippen LogP contribution in [0.25, 0.3) is 44.4 Å². The van der Waals surface area contributed by atoms with Crippen LogP contribution in [0, 0.1) is 20.8 Å². The average Bonchev–Trinajstić information content (AvgIpc) is 4.09. The number of hydrogen-bond donors (Lipinski definition) is 0. The fourth-order valence-corrected chi connectivity index (χ4v) is 10.1. The second-order valence-electron chi connectivity index (χ2n) is 18.6. The second-order valence-corrected chi connectivity index (χ2v) is 18.6. The van der Waals surface area contributed by atoms with Gasteiger partial charge in [-0.15, -0.1) is 0 Å². The number of carbonyl (C=O) groups is 1. The van der Waals surface area contributed by atoms with Gasteiger partial charge in [0.25, 0.3) is 5.92 Å². The molecule has 15 nitrogen and oxygen atoms in total. The lowest BCUT2D eigenvalue weighted by atomic mass is 10.1. The molecule has 0 saturated carbocycles. The first-order valence-electron chi connectivity index (χ1n) is 24.7. The standard InChI is InChI=1S/C53H64F2N12O3/c1-7-66-40(26-37(4)60-66)30-57-31-43-41-24-36(3)25-46(69-23-15-19-63-34-53(54,55)35-63)48(41)64(51(43)56-6)20-12-13-21-65-49-42(44-32-58-50(59-52(44)65)45-27-38(5)61-67(45)8-2)28-39(33-68)29-47(49)70-22-14-18-62-16-10-9-11-17-62/h12-13,24-29,31-33H,6-11,14-23,30,34-35H2,1-5H3/b13-12+,57-31?. The summed E-state index contributed by atoms with van der Waals surface area (Å²) in [4.78, 5) is 36.3. The number of halogens is 2. The van der Waals surface area contributed by atoms with Crippen molar-refractivity contribution in [2.75, 3.05) is 52.5 Å². The summed E-state index contributed by atoms with van der Waals surface area (Å²) >= 11 is 0. The third-order valence-electron chi connectivity index (χ3n) is 13.3. The molecule has 17 heteroatoms. The van der Waals surface area contributed by atoms with E-state index in [1.165, 1.54) is 19.3 Å². The van der Waals surface area contributed by atoms with Gasteiger partial charge in [-0.1, -0.05) is 18.6 Å². The van der Waals surface area contributed by atoms with Crippen LogP contribution in [0.15, 0.2) is 64.7 Å². The van der Waals surface area contributed by atoms with Crippen LogP contribution in [0.1, 0.15) is 84.5 Å². The van der Waals surface area contributed by atoms with E-state index in [1.54, 1.807) is 4.90 Å². The number of allylic oxidation sites excluding steroid dienone is 2. The van der Waals surface area contributed by atoms with Gasteiger partial charge in [0.1, 0.15) is 34.9 Å². The van der Waals surface area contributed by atoms with Crippen molar-refractivity contribution in [1.82, 2.24) is 48.5 Å². The van der Waals surface area contributed by atoms with E-state index in [9.17, 15) is 13.6 Å². The zero-order valence-electron chi connectivity index (χ0n) is 41.1. The molecule has 0 aliphatic carbocycles. The first-order valence-corrected chi connectivity index (χ1v) is 24.7. The van der Waals surface area contributed by atoms with E-state index >= 15 is 0 Å². The fraction of sp³-hybridized carbons (Fsp3) is 0.453. The van der Waals surface area contributed by atoms with Crippen LogP contribution in [0.2, 0.25) is 0 Å². The number of alkyl halides is 2. The van der Waals surface area contributed by atoms with Crippen LogP contribution in [0.3, 0.4) is 0 Å². The predicted molar refractivity (Wildman–Crippen MR) is 273 cm³/mol. The molecule has 0 spiro atoms. The normalized spacial score (nSPS) is 15.6. The Morgan fingerprint density at radius 1 is 0.786 bits per heavy atom. The Balaban J connectivity index is 1.08. The molecule has 7 aromatic rings. The van der Waals surface area contributed by atoms with Crippen molar-refractivity contribution in [2.24, 2.45) is 9.98 Å². The van der Waals surface area contributed by atoms with Gasteiger partial charge in [0.05, 0.1) is 61.0 Å². The summed E-state index contributed by atoms with van der Waals surface area (Å²) in [7, 11) is 0. The average molecular weight is 955 g/mol. The molecule has 0 unspecified atom stereocenters. The summed E-state index contributed by atoms with van der Waals surface area (Å²) in [6, 6.07) is 11.9. The van der Waals surface area contributed by atoms with Crippen molar-refractivity contribution in [3.63, 3.8) is 0 Å². The van der Waals surface area contributed by atoms with Crippen LogP contribution in [0.4, 0.5) is 14.6 Å². The van der Waals surface area contributed by atoms with Gasteiger partial charge < -0.3 is 23.5 Å². The minimum absolute atomic E-state index is 0.216. The molecule has 9 rings (SSSR count). The molecule has 2 aliphatic rings. The molecule has 2 saturated heterocycles. The lowest BCUT2D eigenvalue weighted by molar-refractivity contribution is -0.130. The maximum Gasteiger partial charge on any atom is 0.272 e. The lowest BCUT2D eigenvalue weighted by Crippen LogP contribution is -2.56. The fourth-order valence-electron chi connectivity index (χ4n) is 10.1. The van der Waals surface area contributed by atoms with Crippen LogP contribution in [0.5, 0.6) is 11.5 Å². The monoisotopic (exact) mass is 955 g/mol. The summed E-state index contributed by atoms with van der Waals surface area (Å²) in [6.07, 6.45) is 14.0. The van der Waals surface area contributed by atoms with E-state index in [4.69, 9.17) is 24.4 Å². The Morgan fingerprint density at radius 3 is 2.16 bits per heavy atom. The molecule has 0 N–H and O–H groups in total. The van der Waals surface area contributed by atoms with Gasteiger partial charge in [0.2, 0.25) is 0 Å². The number of nitrogens with zero attached hydrogens (tertiary/aromatic N) is 12. The molecule has 5 aromatic heterocycles. The molecular weight excluding hydrogens is 891 g/mol. The number of likely N-dealkylation sites (tertiary alicyclic amines) is 2. The van der Waals surface area contributed by atoms with E-state index < -0.39 is 5.92 Å². The van der Waals surface area contributed by atoms with E-state index in [0.29, 0.717) is 86.7 Å². The van der Waals surface area contributed by atoms with Crippen molar-refractivity contribution in [1.29, 1.82) is 0 Å². The summed E-state index contributed by atoms with van der Waals surface area (Å²) in [5.41, 5.74) is 8.35. The Morgan fingerprint density at radius 2 is 1.46 bits per heavy atom. The maximum absolute atomic E-state index is 13.6. The Labute approximate surface area is 407 Å². The van der Waals surface area contributed by atoms with Crippen molar-refractivity contribution in [2.45, 2.75) is 105 Å². The predicted octanol–water partition coefficient (Wildman–Crippen LogP) is 9.56. The SMILES string of the molecule is C=Nc1c(C=NCc2cc(C)nn2CC)c2cc(C)cc(OCCCN3CC(F)(F)C3)c2n1C/C=C/Cn1c2nc(-c3cc(C)nn3CC)ncc2c2cc(C=O)cc(OCCCN3CCCCC3)c21. The zero-order chi connectivity index (χ0) is 48.9. The van der Waals surface area contributed by atoms with E-state index in [-0.39, 0.29) is 13.1 Å². The molecule has 368 valence electrons. The van der Waals surface area contributed by atoms with Gasteiger partial charge in [-0.05, 0) is 122 Å². The number of aldehydes is 1. The van der Waals surface area contributed by atoms with Crippen LogP contribution < -0.4 is 9.47 Å². The maximum atomic E-state index is 13.6. The topological polar surface area (TPSA) is 138 Å². The number of rotatable bonds is 22. The number of piperidine rings is 1. The number of aryl methyl sites for hydroxylation is 5. The van der Waals surface area contributed by atoms with Crippen molar-refractivity contribution in [3.8, 4) is 23.0 Å². The Bertz CT molecular complexity index is 3070. The van der Waals surface area contributed by atoms with E-state index in [1.807, 2.05) is 73.7 Å². The Kier molecular flexibility index (Phi) is 14.7. The zero-order valence-corrected chi connectivity index (χ0v) is 41.1. The highest BCUT2D eigenvalue weighted by Gasteiger charge is 2.43. The highest BCUT2D eigenvalue weighted by Crippen LogP contribution is 2.39. The molecule has 0 radical (unpaired) electrons. The largest absolute Gasteiger partial charge is 0.491 e. The summed E-state index contributed by atoms with van der Waals surface area (Å²) in [6.45, 7) is 20.9. The molecule has 2 aromatic carbocycles. The van der Waals surface area contributed by atoms with E-state index in [2.05, 4.69) is 67.1 Å². The van der Waals surface area contributed by atoms with Crippen LogP contribution >= 0.6 is 0 Å².